The van der Waals surface area contributed by atoms with E-state index < -0.39 is 0 Å². The standard InChI is InChI=1S/C22H44/c1-3-5-7-10-15-21(16-11-8-6-4-2)19-14-20-22-17-12-9-13-18-22/h21-22H,3-20H2,1-2H3. The lowest BCUT2D eigenvalue weighted by atomic mass is 9.83. The lowest BCUT2D eigenvalue weighted by Gasteiger charge is -2.23. The fourth-order valence-electron chi connectivity index (χ4n) is 4.32. The summed E-state index contributed by atoms with van der Waals surface area (Å²) in [5, 5.41) is 0. The molecule has 0 atom stereocenters. The van der Waals surface area contributed by atoms with Crippen molar-refractivity contribution >= 4 is 0 Å². The molecule has 0 spiro atoms. The highest BCUT2D eigenvalue weighted by Gasteiger charge is 2.14. The molecule has 0 radical (unpaired) electrons. The Bertz CT molecular complexity index is 202. The summed E-state index contributed by atoms with van der Waals surface area (Å²) in [5.41, 5.74) is 0. The second-order valence-corrected chi connectivity index (χ2v) is 8.00. The first-order valence-electron chi connectivity index (χ1n) is 10.9. The lowest BCUT2D eigenvalue weighted by molar-refractivity contribution is 0.305. The molecule has 1 fully saturated rings. The molecule has 0 unspecified atom stereocenters. The van der Waals surface area contributed by atoms with E-state index in [1.807, 2.05) is 0 Å². The second kappa shape index (κ2) is 14.6. The minimum Gasteiger partial charge on any atom is -0.0654 e. The maximum atomic E-state index is 2.33. The highest BCUT2D eigenvalue weighted by atomic mass is 14.2. The fraction of sp³-hybridized carbons (Fsp3) is 1.00. The van der Waals surface area contributed by atoms with Crippen LogP contribution in [0.4, 0.5) is 0 Å². The van der Waals surface area contributed by atoms with Gasteiger partial charge in [0.1, 0.15) is 0 Å². The third-order valence-corrected chi connectivity index (χ3v) is 5.88. The number of hydrogen-bond donors (Lipinski definition) is 0. The summed E-state index contributed by atoms with van der Waals surface area (Å²) < 4.78 is 0. The van der Waals surface area contributed by atoms with Crippen molar-refractivity contribution in [1.82, 2.24) is 0 Å². The van der Waals surface area contributed by atoms with Gasteiger partial charge in [-0.1, -0.05) is 129 Å². The zero-order valence-electron chi connectivity index (χ0n) is 15.9. The van der Waals surface area contributed by atoms with Crippen LogP contribution in [0.1, 0.15) is 129 Å². The predicted molar refractivity (Wildman–Crippen MR) is 101 cm³/mol. The molecule has 0 aromatic rings. The van der Waals surface area contributed by atoms with Crippen LogP contribution in [0.3, 0.4) is 0 Å². The largest absolute Gasteiger partial charge is 0.0654 e. The van der Waals surface area contributed by atoms with Crippen molar-refractivity contribution in [2.75, 3.05) is 0 Å². The van der Waals surface area contributed by atoms with Gasteiger partial charge in [-0.25, -0.2) is 0 Å². The molecule has 1 aliphatic carbocycles. The van der Waals surface area contributed by atoms with Crippen LogP contribution in [0.25, 0.3) is 0 Å². The van der Waals surface area contributed by atoms with Gasteiger partial charge in [-0.15, -0.1) is 0 Å². The van der Waals surface area contributed by atoms with Crippen LogP contribution in [-0.2, 0) is 0 Å². The van der Waals surface area contributed by atoms with Gasteiger partial charge in [-0.2, -0.15) is 0 Å². The minimum absolute atomic E-state index is 1.05. The average Bonchev–Trinajstić information content (AvgIpc) is 2.56. The normalized spacial score (nSPS) is 16.5. The topological polar surface area (TPSA) is 0 Å². The van der Waals surface area contributed by atoms with Crippen LogP contribution in [0.15, 0.2) is 0 Å². The minimum atomic E-state index is 1.05. The maximum absolute atomic E-state index is 2.33. The Kier molecular flexibility index (Phi) is 13.3. The van der Waals surface area contributed by atoms with Crippen LogP contribution in [-0.4, -0.2) is 0 Å². The van der Waals surface area contributed by atoms with Gasteiger partial charge in [-0.05, 0) is 11.8 Å². The monoisotopic (exact) mass is 308 g/mol. The molecule has 1 aliphatic rings. The van der Waals surface area contributed by atoms with Crippen molar-refractivity contribution in [1.29, 1.82) is 0 Å². The van der Waals surface area contributed by atoms with Crippen molar-refractivity contribution in [3.63, 3.8) is 0 Å². The Labute approximate surface area is 141 Å². The van der Waals surface area contributed by atoms with Gasteiger partial charge in [0.15, 0.2) is 0 Å². The molecule has 0 aromatic carbocycles. The third kappa shape index (κ3) is 10.7. The summed E-state index contributed by atoms with van der Waals surface area (Å²) in [7, 11) is 0. The van der Waals surface area contributed by atoms with E-state index in [1.54, 1.807) is 6.42 Å². The molecule has 0 aromatic heterocycles. The first-order valence-corrected chi connectivity index (χ1v) is 10.9. The summed E-state index contributed by atoms with van der Waals surface area (Å²) in [6.07, 6.45) is 26.9. The highest BCUT2D eigenvalue weighted by molar-refractivity contribution is 4.68. The summed E-state index contributed by atoms with van der Waals surface area (Å²) in [6.45, 7) is 4.65. The molecule has 0 N–H and O–H groups in total. The van der Waals surface area contributed by atoms with Crippen molar-refractivity contribution < 1.29 is 0 Å². The van der Waals surface area contributed by atoms with Crippen LogP contribution in [0.5, 0.6) is 0 Å². The molecule has 0 bridgehead atoms. The summed E-state index contributed by atoms with van der Waals surface area (Å²) in [5.74, 6) is 2.15. The van der Waals surface area contributed by atoms with Gasteiger partial charge in [0.05, 0.1) is 0 Å². The smallest absolute Gasteiger partial charge is 0.0414 e. The van der Waals surface area contributed by atoms with Crippen molar-refractivity contribution in [2.24, 2.45) is 11.8 Å². The number of unbranched alkanes of at least 4 members (excludes halogenated alkanes) is 6. The third-order valence-electron chi connectivity index (χ3n) is 5.88. The fourth-order valence-corrected chi connectivity index (χ4v) is 4.32. The predicted octanol–water partition coefficient (Wildman–Crippen LogP) is 8.29. The van der Waals surface area contributed by atoms with Crippen LogP contribution in [0.2, 0.25) is 0 Å². The van der Waals surface area contributed by atoms with Crippen LogP contribution in [0, 0.1) is 11.8 Å². The Morgan fingerprint density at radius 2 is 1.18 bits per heavy atom. The molecular weight excluding hydrogens is 264 g/mol. The van der Waals surface area contributed by atoms with E-state index in [1.165, 1.54) is 109 Å². The summed E-state index contributed by atoms with van der Waals surface area (Å²) >= 11 is 0. The molecular formula is C22H44. The Balaban J connectivity index is 2.13. The zero-order chi connectivity index (χ0) is 15.9. The molecule has 0 nitrogen and oxygen atoms in total. The maximum Gasteiger partial charge on any atom is -0.0414 e. The molecule has 22 heavy (non-hydrogen) atoms. The average molecular weight is 309 g/mol. The van der Waals surface area contributed by atoms with Gasteiger partial charge in [0, 0.05) is 0 Å². The Morgan fingerprint density at radius 3 is 1.73 bits per heavy atom. The quantitative estimate of drug-likeness (QED) is 0.283. The van der Waals surface area contributed by atoms with Gasteiger partial charge < -0.3 is 0 Å². The van der Waals surface area contributed by atoms with Crippen molar-refractivity contribution in [2.45, 2.75) is 129 Å². The van der Waals surface area contributed by atoms with E-state index in [-0.39, 0.29) is 0 Å². The van der Waals surface area contributed by atoms with Gasteiger partial charge in [0.25, 0.3) is 0 Å². The Hall–Kier alpha value is 0. The van der Waals surface area contributed by atoms with E-state index in [0.29, 0.717) is 0 Å². The van der Waals surface area contributed by atoms with E-state index in [9.17, 15) is 0 Å². The van der Waals surface area contributed by atoms with E-state index >= 15 is 0 Å². The molecule has 0 heterocycles. The van der Waals surface area contributed by atoms with Crippen LogP contribution < -0.4 is 0 Å². The van der Waals surface area contributed by atoms with Crippen molar-refractivity contribution in [3.05, 3.63) is 0 Å². The number of hydrogen-bond acceptors (Lipinski definition) is 0. The summed E-state index contributed by atoms with van der Waals surface area (Å²) in [4.78, 5) is 0. The van der Waals surface area contributed by atoms with E-state index in [4.69, 9.17) is 0 Å². The van der Waals surface area contributed by atoms with Gasteiger partial charge in [-0.3, -0.25) is 0 Å². The second-order valence-electron chi connectivity index (χ2n) is 8.00. The van der Waals surface area contributed by atoms with E-state index in [2.05, 4.69) is 13.8 Å². The SMILES string of the molecule is CCCCCCC(CCCCCC)CCCC1CCCCC1. The first kappa shape index (κ1) is 20.0. The molecule has 0 amide bonds. The summed E-state index contributed by atoms with van der Waals surface area (Å²) in [6, 6.07) is 0. The van der Waals surface area contributed by atoms with Crippen molar-refractivity contribution in [3.8, 4) is 0 Å². The molecule has 1 rings (SSSR count). The molecule has 132 valence electrons. The zero-order valence-corrected chi connectivity index (χ0v) is 15.9. The van der Waals surface area contributed by atoms with Crippen LogP contribution >= 0.6 is 0 Å². The Morgan fingerprint density at radius 1 is 0.636 bits per heavy atom. The van der Waals surface area contributed by atoms with Gasteiger partial charge >= 0.3 is 0 Å². The van der Waals surface area contributed by atoms with Gasteiger partial charge in [0.2, 0.25) is 0 Å². The molecule has 0 aliphatic heterocycles. The molecule has 1 saturated carbocycles. The molecule has 0 saturated heterocycles. The first-order chi connectivity index (χ1) is 10.9. The lowest BCUT2D eigenvalue weighted by Crippen LogP contribution is -2.08. The molecule has 0 heteroatoms. The van der Waals surface area contributed by atoms with E-state index in [0.717, 1.165) is 11.8 Å². The number of rotatable bonds is 14. The highest BCUT2D eigenvalue weighted by Crippen LogP contribution is 2.30.